The third-order valence-corrected chi connectivity index (χ3v) is 2.67. The van der Waals surface area contributed by atoms with Gasteiger partial charge in [-0.15, -0.1) is 0 Å². The fourth-order valence-electron chi connectivity index (χ4n) is 1.72. The van der Waals surface area contributed by atoms with Crippen LogP contribution in [0.2, 0.25) is 0 Å². The van der Waals surface area contributed by atoms with Crippen molar-refractivity contribution in [3.8, 4) is 0 Å². The molecule has 92 valence electrons. The van der Waals surface area contributed by atoms with Gasteiger partial charge in [-0.05, 0) is 25.9 Å². The normalized spacial score (nSPS) is 18.3. The maximum atomic E-state index is 11.3. The highest BCUT2D eigenvalue weighted by Gasteiger charge is 2.16. The van der Waals surface area contributed by atoms with Crippen LogP contribution in [-0.4, -0.2) is 54.1 Å². The molecule has 1 atom stereocenters. The van der Waals surface area contributed by atoms with Crippen molar-refractivity contribution in [2.45, 2.75) is 25.3 Å². The van der Waals surface area contributed by atoms with E-state index in [1.54, 1.807) is 0 Å². The summed E-state index contributed by atoms with van der Waals surface area (Å²) in [5.41, 5.74) is 5.24. The summed E-state index contributed by atoms with van der Waals surface area (Å²) in [5, 5.41) is 11.2. The van der Waals surface area contributed by atoms with Gasteiger partial charge in [0, 0.05) is 13.1 Å². The first-order valence-corrected chi connectivity index (χ1v) is 5.57. The summed E-state index contributed by atoms with van der Waals surface area (Å²) < 4.78 is 0. The quantitative estimate of drug-likeness (QED) is 0.543. The molecule has 6 heteroatoms. The van der Waals surface area contributed by atoms with Crippen molar-refractivity contribution in [3.63, 3.8) is 0 Å². The highest BCUT2D eigenvalue weighted by atomic mass is 16.4. The van der Waals surface area contributed by atoms with Crippen LogP contribution in [0.5, 0.6) is 0 Å². The summed E-state index contributed by atoms with van der Waals surface area (Å²) in [4.78, 5) is 23.9. The van der Waals surface area contributed by atoms with Crippen molar-refractivity contribution >= 4 is 11.9 Å². The number of nitrogens with one attached hydrogen (secondary N) is 1. The number of aliphatic carboxylic acids is 1. The number of hydrogen-bond acceptors (Lipinski definition) is 4. The summed E-state index contributed by atoms with van der Waals surface area (Å²) in [6.45, 7) is 3.56. The maximum Gasteiger partial charge on any atom is 0.321 e. The van der Waals surface area contributed by atoms with E-state index in [4.69, 9.17) is 10.8 Å². The smallest absolute Gasteiger partial charge is 0.321 e. The van der Waals surface area contributed by atoms with Gasteiger partial charge in [0.15, 0.2) is 0 Å². The number of nitrogens with two attached hydrogens (primary N) is 1. The third kappa shape index (κ3) is 4.59. The van der Waals surface area contributed by atoms with Crippen LogP contribution in [0.15, 0.2) is 0 Å². The van der Waals surface area contributed by atoms with Gasteiger partial charge in [-0.2, -0.15) is 0 Å². The second-order valence-electron chi connectivity index (χ2n) is 4.05. The van der Waals surface area contributed by atoms with E-state index in [1.165, 1.54) is 12.8 Å². The zero-order valence-electron chi connectivity index (χ0n) is 9.32. The molecule has 0 bridgehead atoms. The zero-order valence-corrected chi connectivity index (χ0v) is 9.32. The standard InChI is InChI=1S/C10H19N3O3/c11-8(10(15)16)7-9(14)12-3-6-13-4-1-2-5-13/h8H,1-7,11H2,(H,12,14)(H,15,16)/t8-/m0/s1. The van der Waals surface area contributed by atoms with Gasteiger partial charge in [-0.1, -0.05) is 0 Å². The predicted octanol–water partition coefficient (Wildman–Crippen LogP) is -1.000. The first-order valence-electron chi connectivity index (χ1n) is 5.57. The highest BCUT2D eigenvalue weighted by molar-refractivity contribution is 5.84. The Bertz CT molecular complexity index is 252. The molecule has 0 unspecified atom stereocenters. The van der Waals surface area contributed by atoms with Gasteiger partial charge in [0.1, 0.15) is 6.04 Å². The van der Waals surface area contributed by atoms with Gasteiger partial charge in [0.2, 0.25) is 5.91 Å². The SMILES string of the molecule is N[C@@H](CC(=O)NCCN1CCCC1)C(=O)O. The molecule has 1 amide bonds. The van der Waals surface area contributed by atoms with Crippen molar-refractivity contribution in [1.82, 2.24) is 10.2 Å². The van der Waals surface area contributed by atoms with Gasteiger partial charge in [0.25, 0.3) is 0 Å². The molecule has 1 saturated heterocycles. The molecule has 0 aliphatic carbocycles. The second kappa shape index (κ2) is 6.44. The Kier molecular flexibility index (Phi) is 5.21. The van der Waals surface area contributed by atoms with Crippen LogP contribution in [-0.2, 0) is 9.59 Å². The van der Waals surface area contributed by atoms with Crippen LogP contribution < -0.4 is 11.1 Å². The molecule has 0 spiro atoms. The summed E-state index contributed by atoms with van der Waals surface area (Å²) in [6.07, 6.45) is 2.28. The number of rotatable bonds is 6. The lowest BCUT2D eigenvalue weighted by atomic mass is 10.2. The highest BCUT2D eigenvalue weighted by Crippen LogP contribution is 2.05. The minimum atomic E-state index is -1.14. The Morgan fingerprint density at radius 1 is 1.38 bits per heavy atom. The molecular weight excluding hydrogens is 210 g/mol. The number of hydrogen-bond donors (Lipinski definition) is 3. The molecule has 1 heterocycles. The number of carboxylic acids is 1. The maximum absolute atomic E-state index is 11.3. The first kappa shape index (κ1) is 12.9. The van der Waals surface area contributed by atoms with Crippen molar-refractivity contribution in [2.75, 3.05) is 26.2 Å². The van der Waals surface area contributed by atoms with Gasteiger partial charge in [-0.3, -0.25) is 9.59 Å². The molecule has 1 rings (SSSR count). The Labute approximate surface area is 94.8 Å². The minimum absolute atomic E-state index is 0.157. The molecule has 1 fully saturated rings. The fourth-order valence-corrected chi connectivity index (χ4v) is 1.72. The minimum Gasteiger partial charge on any atom is -0.480 e. The Morgan fingerprint density at radius 2 is 2.00 bits per heavy atom. The van der Waals surface area contributed by atoms with E-state index in [9.17, 15) is 9.59 Å². The van der Waals surface area contributed by atoms with Crippen LogP contribution in [0.3, 0.4) is 0 Å². The number of nitrogens with zero attached hydrogens (tertiary/aromatic N) is 1. The monoisotopic (exact) mass is 229 g/mol. The first-order chi connectivity index (χ1) is 7.59. The van der Waals surface area contributed by atoms with E-state index in [0.29, 0.717) is 6.54 Å². The van der Waals surface area contributed by atoms with Gasteiger partial charge < -0.3 is 21.1 Å². The molecule has 0 aromatic rings. The van der Waals surface area contributed by atoms with Crippen molar-refractivity contribution < 1.29 is 14.7 Å². The molecule has 0 aromatic heterocycles. The van der Waals surface area contributed by atoms with E-state index in [-0.39, 0.29) is 12.3 Å². The lowest BCUT2D eigenvalue weighted by Crippen LogP contribution is -2.39. The number of carbonyl (C=O) groups is 2. The van der Waals surface area contributed by atoms with Crippen molar-refractivity contribution in [3.05, 3.63) is 0 Å². The van der Waals surface area contributed by atoms with E-state index in [1.807, 2.05) is 0 Å². The number of carboxylic acid groups (broad SMARTS) is 1. The number of likely N-dealkylation sites (tertiary alicyclic amines) is 1. The van der Waals surface area contributed by atoms with Gasteiger partial charge in [0.05, 0.1) is 6.42 Å². The summed E-state index contributed by atoms with van der Waals surface area (Å²) in [6, 6.07) is -1.10. The Hall–Kier alpha value is -1.14. The van der Waals surface area contributed by atoms with Crippen LogP contribution in [0, 0.1) is 0 Å². The molecule has 1 aliphatic heterocycles. The topological polar surface area (TPSA) is 95.7 Å². The molecular formula is C10H19N3O3. The average molecular weight is 229 g/mol. The predicted molar refractivity (Wildman–Crippen MR) is 58.9 cm³/mol. The third-order valence-electron chi connectivity index (χ3n) is 2.67. The number of carbonyl (C=O) groups excluding carboxylic acids is 1. The molecule has 0 radical (unpaired) electrons. The Balaban J connectivity index is 2.07. The largest absolute Gasteiger partial charge is 0.480 e. The molecule has 0 saturated carbocycles. The van der Waals surface area contributed by atoms with E-state index >= 15 is 0 Å². The van der Waals surface area contributed by atoms with Crippen LogP contribution >= 0.6 is 0 Å². The number of amides is 1. The lowest BCUT2D eigenvalue weighted by Gasteiger charge is -2.15. The average Bonchev–Trinajstić information content (AvgIpc) is 2.70. The summed E-state index contributed by atoms with van der Waals surface area (Å²) in [7, 11) is 0. The van der Waals surface area contributed by atoms with Gasteiger partial charge >= 0.3 is 5.97 Å². The van der Waals surface area contributed by atoms with Gasteiger partial charge in [-0.25, -0.2) is 0 Å². The van der Waals surface area contributed by atoms with Crippen LogP contribution in [0.25, 0.3) is 0 Å². The zero-order chi connectivity index (χ0) is 12.0. The second-order valence-corrected chi connectivity index (χ2v) is 4.05. The summed E-state index contributed by atoms with van der Waals surface area (Å²) >= 11 is 0. The molecule has 0 aromatic carbocycles. The van der Waals surface area contributed by atoms with Crippen LogP contribution in [0.4, 0.5) is 0 Å². The van der Waals surface area contributed by atoms with E-state index in [2.05, 4.69) is 10.2 Å². The molecule has 1 aliphatic rings. The molecule has 4 N–H and O–H groups in total. The fraction of sp³-hybridized carbons (Fsp3) is 0.800. The summed E-state index contributed by atoms with van der Waals surface area (Å²) in [5.74, 6) is -1.44. The van der Waals surface area contributed by atoms with E-state index in [0.717, 1.165) is 19.6 Å². The molecule has 16 heavy (non-hydrogen) atoms. The van der Waals surface area contributed by atoms with Crippen LogP contribution in [0.1, 0.15) is 19.3 Å². The Morgan fingerprint density at radius 3 is 2.56 bits per heavy atom. The molecule has 6 nitrogen and oxygen atoms in total. The van der Waals surface area contributed by atoms with Crippen molar-refractivity contribution in [2.24, 2.45) is 5.73 Å². The lowest BCUT2D eigenvalue weighted by molar-refractivity contribution is -0.140. The van der Waals surface area contributed by atoms with E-state index < -0.39 is 12.0 Å². The van der Waals surface area contributed by atoms with Crippen molar-refractivity contribution in [1.29, 1.82) is 0 Å².